The largest absolute Gasteiger partial charge is 0.491 e. The Morgan fingerprint density at radius 1 is 1.30 bits per heavy atom. The predicted octanol–water partition coefficient (Wildman–Crippen LogP) is 5.06. The molecule has 0 radical (unpaired) electrons. The molecule has 0 unspecified atom stereocenters. The third kappa shape index (κ3) is 7.33. The van der Waals surface area contributed by atoms with Gasteiger partial charge in [-0.05, 0) is 24.5 Å². The van der Waals surface area contributed by atoms with Gasteiger partial charge in [0.25, 0.3) is 0 Å². The minimum absolute atomic E-state index is 0. The van der Waals surface area contributed by atoms with E-state index in [2.05, 4.69) is 18.8 Å². The van der Waals surface area contributed by atoms with Crippen molar-refractivity contribution in [2.75, 3.05) is 13.2 Å². The van der Waals surface area contributed by atoms with Crippen LogP contribution in [0.15, 0.2) is 24.3 Å². The van der Waals surface area contributed by atoms with Crippen LogP contribution in [0.3, 0.4) is 0 Å². The Bertz CT molecular complexity index is 575. The Hall–Kier alpha value is -0.438. The molecule has 1 aromatic carbocycles. The topological polar surface area (TPSA) is 42.4 Å². The number of hydrogen-bond acceptors (Lipinski definition) is 4. The number of aliphatic hydroxyl groups excluding tert-OH is 1. The van der Waals surface area contributed by atoms with E-state index in [1.54, 1.807) is 0 Å². The number of thiazole rings is 1. The normalized spacial score (nSPS) is 9.87. The molecule has 132 valence electrons. The van der Waals surface area contributed by atoms with Crippen molar-refractivity contribution in [3.8, 4) is 17.0 Å². The molecule has 0 spiro atoms. The molecular formula is C17H24ClNO2PdS. The number of aromatic nitrogens is 1. The molecule has 3 nitrogen and oxygen atoms in total. The van der Waals surface area contributed by atoms with Gasteiger partial charge in [0.1, 0.15) is 12.4 Å². The third-order valence-corrected chi connectivity index (χ3v) is 3.91. The van der Waals surface area contributed by atoms with Gasteiger partial charge in [0.2, 0.25) is 0 Å². The summed E-state index contributed by atoms with van der Waals surface area (Å²) in [6.45, 7) is 8.65. The number of aliphatic hydroxyl groups is 1. The quantitative estimate of drug-likeness (QED) is 0.629. The van der Waals surface area contributed by atoms with Crippen LogP contribution in [0.5, 0.6) is 5.75 Å². The van der Waals surface area contributed by atoms with Crippen LogP contribution < -0.4 is 4.74 Å². The minimum Gasteiger partial charge on any atom is -0.491 e. The van der Waals surface area contributed by atoms with Crippen LogP contribution in [0.4, 0.5) is 0 Å². The smallest absolute Gasteiger partial charge is 0.184 e. The molecule has 1 aromatic heterocycles. The van der Waals surface area contributed by atoms with Gasteiger partial charge in [-0.15, -0.1) is 11.3 Å². The van der Waals surface area contributed by atoms with E-state index in [1.807, 2.05) is 38.1 Å². The van der Waals surface area contributed by atoms with E-state index in [-0.39, 0.29) is 27.0 Å². The number of rotatable bonds is 6. The monoisotopic (exact) mass is 447 g/mol. The SMILES string of the molecule is CC.CC(C)Cc1sc(Cl)nc1-c1cccc(OCCO)c1.[Pd]. The molecule has 1 N–H and O–H groups in total. The fraction of sp³-hybridized carbons (Fsp3) is 0.471. The Kier molecular flexibility index (Phi) is 11.8. The van der Waals surface area contributed by atoms with E-state index in [9.17, 15) is 0 Å². The molecule has 2 rings (SSSR count). The molecule has 0 atom stereocenters. The van der Waals surface area contributed by atoms with Crippen LogP contribution in [0, 0.1) is 5.92 Å². The van der Waals surface area contributed by atoms with Crippen molar-refractivity contribution < 1.29 is 30.3 Å². The summed E-state index contributed by atoms with van der Waals surface area (Å²) >= 11 is 7.60. The zero-order valence-electron chi connectivity index (χ0n) is 13.9. The molecule has 0 amide bonds. The van der Waals surface area contributed by atoms with Crippen LogP contribution in [-0.4, -0.2) is 23.3 Å². The summed E-state index contributed by atoms with van der Waals surface area (Å²) < 4.78 is 6.00. The summed E-state index contributed by atoms with van der Waals surface area (Å²) in [5.74, 6) is 1.29. The predicted molar refractivity (Wildman–Crippen MR) is 95.0 cm³/mol. The molecule has 1 heterocycles. The standard InChI is InChI=1S/C15H18ClNO2S.C2H6.Pd/c1-10(2)8-13-14(17-15(16)20-13)11-4-3-5-12(9-11)19-7-6-18;1-2;/h3-5,9-10,18H,6-8H2,1-2H3;1-2H3;. The summed E-state index contributed by atoms with van der Waals surface area (Å²) in [5, 5.41) is 8.81. The zero-order valence-corrected chi connectivity index (χ0v) is 17.0. The molecule has 0 aliphatic heterocycles. The molecular weight excluding hydrogens is 424 g/mol. The van der Waals surface area contributed by atoms with E-state index in [0.717, 1.165) is 23.4 Å². The summed E-state index contributed by atoms with van der Waals surface area (Å²) in [6, 6.07) is 7.73. The van der Waals surface area contributed by atoms with Gasteiger partial charge >= 0.3 is 0 Å². The first kappa shape index (κ1) is 22.6. The number of benzene rings is 1. The molecule has 23 heavy (non-hydrogen) atoms. The average Bonchev–Trinajstić information content (AvgIpc) is 2.87. The fourth-order valence-corrected chi connectivity index (χ4v) is 3.34. The van der Waals surface area contributed by atoms with E-state index >= 15 is 0 Å². The Balaban J connectivity index is 0.00000155. The molecule has 0 saturated heterocycles. The first-order valence-corrected chi connectivity index (χ1v) is 8.79. The van der Waals surface area contributed by atoms with Crippen LogP contribution in [-0.2, 0) is 26.8 Å². The van der Waals surface area contributed by atoms with Crippen molar-refractivity contribution in [1.29, 1.82) is 0 Å². The van der Waals surface area contributed by atoms with Crippen LogP contribution in [0.25, 0.3) is 11.3 Å². The van der Waals surface area contributed by atoms with Crippen molar-refractivity contribution in [3.05, 3.63) is 33.6 Å². The van der Waals surface area contributed by atoms with E-state index < -0.39 is 0 Å². The second-order valence-corrected chi connectivity index (χ2v) is 6.60. The van der Waals surface area contributed by atoms with E-state index in [0.29, 0.717) is 17.0 Å². The maximum atomic E-state index is 8.81. The van der Waals surface area contributed by atoms with Crippen molar-refractivity contribution in [1.82, 2.24) is 4.98 Å². The van der Waals surface area contributed by atoms with Gasteiger partial charge < -0.3 is 9.84 Å². The molecule has 0 aliphatic rings. The Morgan fingerprint density at radius 3 is 2.61 bits per heavy atom. The van der Waals surface area contributed by atoms with Gasteiger partial charge in [-0.3, -0.25) is 0 Å². The third-order valence-electron chi connectivity index (χ3n) is 2.73. The van der Waals surface area contributed by atoms with Gasteiger partial charge in [0, 0.05) is 30.9 Å². The van der Waals surface area contributed by atoms with Gasteiger partial charge in [-0.25, -0.2) is 4.98 Å². The molecule has 0 bridgehead atoms. The van der Waals surface area contributed by atoms with Gasteiger partial charge in [0.15, 0.2) is 4.47 Å². The minimum atomic E-state index is 0. The summed E-state index contributed by atoms with van der Waals surface area (Å²) in [6.07, 6.45) is 0.960. The van der Waals surface area contributed by atoms with E-state index in [4.69, 9.17) is 21.4 Å². The summed E-state index contributed by atoms with van der Waals surface area (Å²) in [4.78, 5) is 5.63. The van der Waals surface area contributed by atoms with Crippen molar-refractivity contribution in [2.24, 2.45) is 5.92 Å². The van der Waals surface area contributed by atoms with Crippen molar-refractivity contribution in [2.45, 2.75) is 34.1 Å². The number of ether oxygens (including phenoxy) is 1. The van der Waals surface area contributed by atoms with Crippen LogP contribution >= 0.6 is 22.9 Å². The number of hydrogen-bond donors (Lipinski definition) is 1. The maximum Gasteiger partial charge on any atom is 0.184 e. The molecule has 6 heteroatoms. The number of halogens is 1. The summed E-state index contributed by atoms with van der Waals surface area (Å²) in [5.41, 5.74) is 1.93. The Labute approximate surface area is 161 Å². The molecule has 2 aromatic rings. The van der Waals surface area contributed by atoms with E-state index in [1.165, 1.54) is 16.2 Å². The van der Waals surface area contributed by atoms with Gasteiger partial charge in [-0.2, -0.15) is 0 Å². The maximum absolute atomic E-state index is 8.81. The summed E-state index contributed by atoms with van der Waals surface area (Å²) in [7, 11) is 0. The first-order valence-electron chi connectivity index (χ1n) is 7.59. The zero-order chi connectivity index (χ0) is 16.5. The Morgan fingerprint density at radius 2 is 2.00 bits per heavy atom. The molecule has 0 saturated carbocycles. The van der Waals surface area contributed by atoms with Gasteiger partial charge in [-0.1, -0.05) is 51.4 Å². The fourth-order valence-electron chi connectivity index (χ4n) is 1.95. The van der Waals surface area contributed by atoms with Gasteiger partial charge in [0.05, 0.1) is 12.3 Å². The first-order chi connectivity index (χ1) is 10.6. The number of nitrogens with zero attached hydrogens (tertiary/aromatic N) is 1. The molecule has 0 aliphatic carbocycles. The second kappa shape index (κ2) is 12.0. The second-order valence-electron chi connectivity index (χ2n) is 4.94. The average molecular weight is 448 g/mol. The van der Waals surface area contributed by atoms with Crippen molar-refractivity contribution >= 4 is 22.9 Å². The van der Waals surface area contributed by atoms with Crippen molar-refractivity contribution in [3.63, 3.8) is 0 Å². The van der Waals surface area contributed by atoms with Crippen LogP contribution in [0.1, 0.15) is 32.6 Å². The molecule has 0 fully saturated rings. The van der Waals surface area contributed by atoms with Crippen LogP contribution in [0.2, 0.25) is 4.47 Å².